The highest BCUT2D eigenvalue weighted by Gasteiger charge is 2.15. The van der Waals surface area contributed by atoms with Crippen LogP contribution in [0, 0.1) is 0 Å². The van der Waals surface area contributed by atoms with E-state index >= 15 is 0 Å². The minimum Gasteiger partial charge on any atom is -0.502 e. The Morgan fingerprint density at radius 3 is 2.76 bits per heavy atom. The maximum atomic E-state index is 12.1. The molecular weight excluding hydrogens is 274 g/mol. The topological polar surface area (TPSA) is 97.4 Å². The first-order valence-corrected chi connectivity index (χ1v) is 6.51. The molecule has 7 nitrogen and oxygen atoms in total. The zero-order valence-electron chi connectivity index (χ0n) is 12.1. The van der Waals surface area contributed by atoms with Gasteiger partial charge in [-0.15, -0.1) is 0 Å². The number of nitrogens with one attached hydrogen (secondary N) is 1. The van der Waals surface area contributed by atoms with Crippen LogP contribution in [0.15, 0.2) is 27.6 Å². The van der Waals surface area contributed by atoms with Gasteiger partial charge in [-0.2, -0.15) is 5.10 Å². The number of aromatic hydroxyl groups is 1. The SMILES string of the molecule is CC(C)c1cc(C(=O)NCc2cc(=O)c(O)co2)n(C)n1. The second-order valence-electron chi connectivity index (χ2n) is 5.01. The van der Waals surface area contributed by atoms with Gasteiger partial charge in [-0.1, -0.05) is 13.8 Å². The van der Waals surface area contributed by atoms with E-state index in [9.17, 15) is 9.59 Å². The molecule has 0 radical (unpaired) electrons. The molecular formula is C14H17N3O4. The van der Waals surface area contributed by atoms with Crippen molar-refractivity contribution >= 4 is 5.91 Å². The average Bonchev–Trinajstić information content (AvgIpc) is 2.82. The zero-order chi connectivity index (χ0) is 15.6. The van der Waals surface area contributed by atoms with Crippen LogP contribution in [0.5, 0.6) is 5.75 Å². The quantitative estimate of drug-likeness (QED) is 0.880. The van der Waals surface area contributed by atoms with Crippen LogP contribution >= 0.6 is 0 Å². The van der Waals surface area contributed by atoms with Crippen molar-refractivity contribution in [2.75, 3.05) is 0 Å². The summed E-state index contributed by atoms with van der Waals surface area (Å²) < 4.78 is 6.52. The van der Waals surface area contributed by atoms with Crippen molar-refractivity contribution in [3.05, 3.63) is 45.8 Å². The van der Waals surface area contributed by atoms with Gasteiger partial charge in [0.15, 0.2) is 5.75 Å². The van der Waals surface area contributed by atoms with E-state index in [2.05, 4.69) is 10.4 Å². The third kappa shape index (κ3) is 3.31. The van der Waals surface area contributed by atoms with Crippen molar-refractivity contribution in [1.29, 1.82) is 0 Å². The molecule has 2 heterocycles. The molecule has 2 aromatic heterocycles. The number of aryl methyl sites for hydroxylation is 1. The van der Waals surface area contributed by atoms with Gasteiger partial charge in [-0.25, -0.2) is 0 Å². The molecule has 7 heteroatoms. The van der Waals surface area contributed by atoms with E-state index in [1.54, 1.807) is 13.1 Å². The summed E-state index contributed by atoms with van der Waals surface area (Å²) in [6.07, 6.45) is 0.949. The molecule has 0 fully saturated rings. The molecule has 112 valence electrons. The standard InChI is InChI=1S/C14H17N3O4/c1-8(2)10-5-11(17(3)16-10)14(20)15-6-9-4-12(18)13(19)7-21-9/h4-5,7-8,19H,6H2,1-3H3,(H,15,20). The summed E-state index contributed by atoms with van der Waals surface area (Å²) in [5.74, 6) is -0.281. The Morgan fingerprint density at radius 1 is 1.48 bits per heavy atom. The van der Waals surface area contributed by atoms with Crippen molar-refractivity contribution in [1.82, 2.24) is 15.1 Å². The normalized spacial score (nSPS) is 10.9. The predicted molar refractivity (Wildman–Crippen MR) is 75.1 cm³/mol. The van der Waals surface area contributed by atoms with Crippen LogP contribution in [0.4, 0.5) is 0 Å². The number of aromatic nitrogens is 2. The molecule has 2 aromatic rings. The van der Waals surface area contributed by atoms with Gasteiger partial charge in [-0.05, 0) is 12.0 Å². The Balaban J connectivity index is 2.08. The fraction of sp³-hybridized carbons (Fsp3) is 0.357. The van der Waals surface area contributed by atoms with Crippen molar-refractivity contribution in [3.8, 4) is 5.75 Å². The summed E-state index contributed by atoms with van der Waals surface area (Å²) in [6.45, 7) is 4.04. The van der Waals surface area contributed by atoms with E-state index < -0.39 is 11.2 Å². The van der Waals surface area contributed by atoms with Gasteiger partial charge in [0.05, 0.1) is 12.2 Å². The molecule has 0 aliphatic heterocycles. The van der Waals surface area contributed by atoms with Gasteiger partial charge >= 0.3 is 0 Å². The molecule has 0 spiro atoms. The fourth-order valence-electron chi connectivity index (χ4n) is 1.78. The zero-order valence-corrected chi connectivity index (χ0v) is 12.1. The highest BCUT2D eigenvalue weighted by atomic mass is 16.4. The van der Waals surface area contributed by atoms with E-state index in [1.165, 1.54) is 4.68 Å². The lowest BCUT2D eigenvalue weighted by Gasteiger charge is -2.04. The average molecular weight is 291 g/mol. The van der Waals surface area contributed by atoms with E-state index in [0.29, 0.717) is 5.69 Å². The molecule has 0 atom stereocenters. The van der Waals surface area contributed by atoms with Gasteiger partial charge in [0.2, 0.25) is 5.43 Å². The maximum absolute atomic E-state index is 12.1. The minimum absolute atomic E-state index is 0.0521. The largest absolute Gasteiger partial charge is 0.502 e. The fourth-order valence-corrected chi connectivity index (χ4v) is 1.78. The van der Waals surface area contributed by atoms with Crippen molar-refractivity contribution in [2.24, 2.45) is 7.05 Å². The molecule has 2 N–H and O–H groups in total. The molecule has 0 aliphatic carbocycles. The smallest absolute Gasteiger partial charge is 0.269 e. The van der Waals surface area contributed by atoms with E-state index in [-0.39, 0.29) is 24.1 Å². The minimum atomic E-state index is -0.548. The van der Waals surface area contributed by atoms with Crippen LogP contribution < -0.4 is 10.7 Å². The number of nitrogens with zero attached hydrogens (tertiary/aromatic N) is 2. The number of carbonyl (C=O) groups excluding carboxylic acids is 1. The Morgan fingerprint density at radius 2 is 2.19 bits per heavy atom. The molecule has 0 saturated heterocycles. The summed E-state index contributed by atoms with van der Waals surface area (Å²) in [5.41, 5.74) is 0.715. The van der Waals surface area contributed by atoms with Crippen LogP contribution in [-0.2, 0) is 13.6 Å². The summed E-state index contributed by atoms with van der Waals surface area (Å²) in [7, 11) is 1.70. The molecule has 0 unspecified atom stereocenters. The first-order chi connectivity index (χ1) is 9.88. The van der Waals surface area contributed by atoms with Gasteiger partial charge in [0.1, 0.15) is 17.7 Å². The molecule has 0 bridgehead atoms. The Kier molecular flexibility index (Phi) is 4.11. The Bertz CT molecular complexity index is 715. The van der Waals surface area contributed by atoms with Crippen LogP contribution in [-0.4, -0.2) is 20.8 Å². The monoisotopic (exact) mass is 291 g/mol. The van der Waals surface area contributed by atoms with Gasteiger partial charge < -0.3 is 14.8 Å². The third-order valence-electron chi connectivity index (χ3n) is 3.01. The lowest BCUT2D eigenvalue weighted by molar-refractivity contribution is 0.0938. The van der Waals surface area contributed by atoms with Gasteiger partial charge in [-0.3, -0.25) is 14.3 Å². The molecule has 0 aromatic carbocycles. The first-order valence-electron chi connectivity index (χ1n) is 6.51. The van der Waals surface area contributed by atoms with Crippen LogP contribution in [0.1, 0.15) is 41.7 Å². The number of rotatable bonds is 4. The molecule has 1 amide bonds. The van der Waals surface area contributed by atoms with Crippen molar-refractivity contribution in [3.63, 3.8) is 0 Å². The third-order valence-corrected chi connectivity index (χ3v) is 3.01. The first kappa shape index (κ1) is 14.8. The highest BCUT2D eigenvalue weighted by molar-refractivity contribution is 5.92. The molecule has 2 rings (SSSR count). The van der Waals surface area contributed by atoms with E-state index in [4.69, 9.17) is 9.52 Å². The van der Waals surface area contributed by atoms with Gasteiger partial charge in [0.25, 0.3) is 5.91 Å². The summed E-state index contributed by atoms with van der Waals surface area (Å²) in [5, 5.41) is 16.0. The maximum Gasteiger partial charge on any atom is 0.269 e. The summed E-state index contributed by atoms with van der Waals surface area (Å²) in [4.78, 5) is 23.3. The molecule has 0 saturated carbocycles. The number of carbonyl (C=O) groups is 1. The second kappa shape index (κ2) is 5.82. The molecule has 0 aliphatic rings. The number of hydrogen-bond acceptors (Lipinski definition) is 5. The van der Waals surface area contributed by atoms with Crippen LogP contribution in [0.2, 0.25) is 0 Å². The number of hydrogen-bond donors (Lipinski definition) is 2. The van der Waals surface area contributed by atoms with E-state index in [0.717, 1.165) is 18.0 Å². The van der Waals surface area contributed by atoms with Crippen molar-refractivity contribution < 1.29 is 14.3 Å². The Labute approximate surface area is 121 Å². The van der Waals surface area contributed by atoms with Gasteiger partial charge in [0, 0.05) is 13.1 Å². The van der Waals surface area contributed by atoms with Crippen LogP contribution in [0.25, 0.3) is 0 Å². The predicted octanol–water partition coefficient (Wildman–Crippen LogP) is 1.13. The summed E-state index contributed by atoms with van der Waals surface area (Å²) in [6, 6.07) is 2.87. The lowest BCUT2D eigenvalue weighted by atomic mass is 10.1. The van der Waals surface area contributed by atoms with Crippen molar-refractivity contribution in [2.45, 2.75) is 26.3 Å². The van der Waals surface area contributed by atoms with E-state index in [1.807, 2.05) is 13.8 Å². The van der Waals surface area contributed by atoms with Crippen LogP contribution in [0.3, 0.4) is 0 Å². The molecule has 21 heavy (non-hydrogen) atoms. The summed E-state index contributed by atoms with van der Waals surface area (Å²) >= 11 is 0. The number of amides is 1. The lowest BCUT2D eigenvalue weighted by Crippen LogP contribution is -2.25. The second-order valence-corrected chi connectivity index (χ2v) is 5.01. The Hall–Kier alpha value is -2.57. The highest BCUT2D eigenvalue weighted by Crippen LogP contribution is 2.13.